The summed E-state index contributed by atoms with van der Waals surface area (Å²) in [7, 11) is 1.93. The molecule has 1 fully saturated rings. The summed E-state index contributed by atoms with van der Waals surface area (Å²) in [6, 6.07) is 6.72. The van der Waals surface area contributed by atoms with E-state index in [1.807, 2.05) is 36.3 Å². The molecule has 0 saturated carbocycles. The molecule has 1 aromatic carbocycles. The van der Waals surface area contributed by atoms with Gasteiger partial charge in [0.2, 0.25) is 11.8 Å². The van der Waals surface area contributed by atoms with Crippen molar-refractivity contribution in [3.05, 3.63) is 54.6 Å². The summed E-state index contributed by atoms with van der Waals surface area (Å²) < 4.78 is 0. The number of rotatable bonds is 3. The second-order valence-corrected chi connectivity index (χ2v) is 7.99. The molecule has 158 valence electrons. The standard InChI is InChI=1S/C23H18N6O3/c1-28(17-10-25-15-9-24-8-7-12(15)17)21-13-3-2-4-14-20(13)18(11-26-21)29(23(14)32)16-5-6-19(30)27-22(16)31/h2-4,7-11,16,25H,5-6H2,1H3,(H,27,30,31). The highest BCUT2D eigenvalue weighted by Gasteiger charge is 2.41. The molecule has 9 nitrogen and oxygen atoms in total. The van der Waals surface area contributed by atoms with Crippen molar-refractivity contribution in [1.82, 2.24) is 20.3 Å². The number of aromatic amines is 1. The summed E-state index contributed by atoms with van der Waals surface area (Å²) in [6.07, 6.45) is 7.54. The molecule has 1 atom stereocenters. The van der Waals surface area contributed by atoms with Crippen molar-refractivity contribution in [2.45, 2.75) is 18.9 Å². The van der Waals surface area contributed by atoms with Gasteiger partial charge in [-0.1, -0.05) is 12.1 Å². The van der Waals surface area contributed by atoms with Crippen LogP contribution in [0.1, 0.15) is 23.2 Å². The molecule has 1 saturated heterocycles. The van der Waals surface area contributed by atoms with E-state index in [4.69, 9.17) is 4.98 Å². The molecule has 5 heterocycles. The van der Waals surface area contributed by atoms with Gasteiger partial charge in [0.15, 0.2) is 0 Å². The van der Waals surface area contributed by atoms with Crippen LogP contribution in [-0.2, 0) is 9.59 Å². The molecule has 4 aromatic rings. The fraction of sp³-hybridized carbons (Fsp3) is 0.174. The van der Waals surface area contributed by atoms with Crippen LogP contribution < -0.4 is 15.1 Å². The molecular weight excluding hydrogens is 408 g/mol. The lowest BCUT2D eigenvalue weighted by Crippen LogP contribution is -2.53. The van der Waals surface area contributed by atoms with Gasteiger partial charge in [0.1, 0.15) is 11.9 Å². The van der Waals surface area contributed by atoms with Crippen LogP contribution in [0.3, 0.4) is 0 Å². The normalized spacial score (nSPS) is 18.0. The van der Waals surface area contributed by atoms with E-state index in [0.717, 1.165) is 27.4 Å². The van der Waals surface area contributed by atoms with E-state index in [0.29, 0.717) is 17.1 Å². The maximum Gasteiger partial charge on any atom is 0.259 e. The van der Waals surface area contributed by atoms with Crippen molar-refractivity contribution in [3.63, 3.8) is 0 Å². The molecule has 0 bridgehead atoms. The Labute approximate surface area is 182 Å². The number of nitrogens with one attached hydrogen (secondary N) is 2. The molecule has 0 radical (unpaired) electrons. The summed E-state index contributed by atoms with van der Waals surface area (Å²) in [5.41, 5.74) is 2.97. The van der Waals surface area contributed by atoms with E-state index in [9.17, 15) is 14.4 Å². The number of pyridine rings is 2. The molecule has 6 rings (SSSR count). The number of carbonyl (C=O) groups excluding carboxylic acids is 3. The molecule has 9 heteroatoms. The smallest absolute Gasteiger partial charge is 0.259 e. The van der Waals surface area contributed by atoms with Gasteiger partial charge in [0, 0.05) is 42.0 Å². The van der Waals surface area contributed by atoms with Gasteiger partial charge >= 0.3 is 0 Å². The molecule has 0 spiro atoms. The average molecular weight is 426 g/mol. The third-order valence-electron chi connectivity index (χ3n) is 6.24. The Kier molecular flexibility index (Phi) is 3.82. The number of nitrogens with zero attached hydrogens (tertiary/aromatic N) is 4. The van der Waals surface area contributed by atoms with Crippen LogP contribution >= 0.6 is 0 Å². The Balaban J connectivity index is 1.49. The number of H-pyrrole nitrogens is 1. The van der Waals surface area contributed by atoms with Gasteiger partial charge in [-0.05, 0) is 18.6 Å². The van der Waals surface area contributed by atoms with Crippen molar-refractivity contribution in [2.24, 2.45) is 0 Å². The molecular formula is C23H18N6O3. The van der Waals surface area contributed by atoms with Crippen LogP contribution in [0.25, 0.3) is 21.7 Å². The summed E-state index contributed by atoms with van der Waals surface area (Å²) in [6.45, 7) is 0. The van der Waals surface area contributed by atoms with Crippen LogP contribution in [0.4, 0.5) is 17.2 Å². The zero-order chi connectivity index (χ0) is 22.0. The first-order chi connectivity index (χ1) is 15.5. The number of piperidine rings is 1. The topological polar surface area (TPSA) is 111 Å². The Bertz CT molecular complexity index is 1460. The van der Waals surface area contributed by atoms with E-state index in [1.54, 1.807) is 24.7 Å². The van der Waals surface area contributed by atoms with Gasteiger partial charge in [-0.2, -0.15) is 0 Å². The van der Waals surface area contributed by atoms with Crippen molar-refractivity contribution in [2.75, 3.05) is 16.8 Å². The highest BCUT2D eigenvalue weighted by molar-refractivity contribution is 6.28. The summed E-state index contributed by atoms with van der Waals surface area (Å²) >= 11 is 0. The molecule has 3 amide bonds. The third-order valence-corrected chi connectivity index (χ3v) is 6.24. The van der Waals surface area contributed by atoms with Gasteiger partial charge in [0.25, 0.3) is 5.91 Å². The van der Waals surface area contributed by atoms with E-state index in [1.165, 1.54) is 4.90 Å². The number of hydrogen-bond donors (Lipinski definition) is 2. The van der Waals surface area contributed by atoms with Gasteiger partial charge in [-0.15, -0.1) is 0 Å². The van der Waals surface area contributed by atoms with E-state index >= 15 is 0 Å². The maximum atomic E-state index is 13.3. The summed E-state index contributed by atoms with van der Waals surface area (Å²) in [5, 5.41) is 4.93. The van der Waals surface area contributed by atoms with Crippen LogP contribution in [0.15, 0.2) is 49.1 Å². The summed E-state index contributed by atoms with van der Waals surface area (Å²) in [4.78, 5) is 52.9. The maximum absolute atomic E-state index is 13.3. The van der Waals surface area contributed by atoms with Gasteiger partial charge in [-0.25, -0.2) is 4.98 Å². The molecule has 2 aliphatic rings. The zero-order valence-electron chi connectivity index (χ0n) is 17.1. The average Bonchev–Trinajstić information content (AvgIpc) is 3.35. The third kappa shape index (κ3) is 2.48. The number of benzene rings is 1. The number of anilines is 3. The fourth-order valence-electron chi connectivity index (χ4n) is 4.72. The van der Waals surface area contributed by atoms with Crippen LogP contribution in [0, 0.1) is 0 Å². The Morgan fingerprint density at radius 3 is 2.84 bits per heavy atom. The Hall–Kier alpha value is -4.27. The first kappa shape index (κ1) is 18.5. The Morgan fingerprint density at radius 1 is 1.12 bits per heavy atom. The second kappa shape index (κ2) is 6.61. The molecule has 0 aliphatic carbocycles. The number of carbonyl (C=O) groups is 3. The lowest BCUT2D eigenvalue weighted by Gasteiger charge is -2.30. The molecule has 32 heavy (non-hydrogen) atoms. The molecule has 3 aromatic heterocycles. The fourth-order valence-corrected chi connectivity index (χ4v) is 4.72. The number of aromatic nitrogens is 3. The molecule has 2 aliphatic heterocycles. The van der Waals surface area contributed by atoms with Gasteiger partial charge in [-0.3, -0.25) is 29.6 Å². The van der Waals surface area contributed by atoms with E-state index in [-0.39, 0.29) is 24.7 Å². The van der Waals surface area contributed by atoms with Crippen molar-refractivity contribution in [1.29, 1.82) is 0 Å². The molecule has 1 unspecified atom stereocenters. The van der Waals surface area contributed by atoms with Gasteiger partial charge < -0.3 is 9.88 Å². The number of fused-ring (bicyclic) bond motifs is 1. The predicted octanol–water partition coefficient (Wildman–Crippen LogP) is 2.64. The second-order valence-electron chi connectivity index (χ2n) is 7.99. The number of hydrogen-bond acceptors (Lipinski definition) is 6. The van der Waals surface area contributed by atoms with Crippen LogP contribution in [0.2, 0.25) is 0 Å². The quantitative estimate of drug-likeness (QED) is 0.487. The number of imide groups is 1. The highest BCUT2D eigenvalue weighted by atomic mass is 16.2. The first-order valence-electron chi connectivity index (χ1n) is 10.3. The predicted molar refractivity (Wildman–Crippen MR) is 119 cm³/mol. The minimum absolute atomic E-state index is 0.198. The first-order valence-corrected chi connectivity index (χ1v) is 10.3. The highest BCUT2D eigenvalue weighted by Crippen LogP contribution is 2.43. The largest absolute Gasteiger partial charge is 0.358 e. The minimum atomic E-state index is -0.734. The monoisotopic (exact) mass is 426 g/mol. The van der Waals surface area contributed by atoms with Crippen molar-refractivity contribution >= 4 is 56.6 Å². The lowest BCUT2D eigenvalue weighted by molar-refractivity contribution is -0.134. The minimum Gasteiger partial charge on any atom is -0.358 e. The SMILES string of the molecule is CN(c1c[nH]c2cnccc12)c1ncc2c3c(cccc13)C(=O)N2C1CCC(=O)NC1=O. The Morgan fingerprint density at radius 2 is 2.00 bits per heavy atom. The van der Waals surface area contributed by atoms with Crippen molar-refractivity contribution < 1.29 is 14.4 Å². The van der Waals surface area contributed by atoms with E-state index < -0.39 is 11.9 Å². The molecule has 2 N–H and O–H groups in total. The summed E-state index contributed by atoms with van der Waals surface area (Å²) in [5.74, 6) is -0.324. The zero-order valence-corrected chi connectivity index (χ0v) is 17.1. The lowest BCUT2D eigenvalue weighted by atomic mass is 10.0. The van der Waals surface area contributed by atoms with Crippen molar-refractivity contribution in [3.8, 4) is 0 Å². The van der Waals surface area contributed by atoms with Crippen LogP contribution in [-0.4, -0.2) is 45.8 Å². The van der Waals surface area contributed by atoms with Crippen LogP contribution in [0.5, 0.6) is 0 Å². The van der Waals surface area contributed by atoms with Gasteiger partial charge in [0.05, 0.1) is 34.8 Å². The van der Waals surface area contributed by atoms with E-state index in [2.05, 4.69) is 15.3 Å². The number of amides is 3.